The summed E-state index contributed by atoms with van der Waals surface area (Å²) >= 11 is 5.57. The fourth-order valence-corrected chi connectivity index (χ4v) is 3.29. The number of hydrogen-bond donors (Lipinski definition) is 2. The highest BCUT2D eigenvalue weighted by Crippen LogP contribution is 2.36. The third-order valence-electron chi connectivity index (χ3n) is 4.47. The highest BCUT2D eigenvalue weighted by atomic mass is 35.5. The highest BCUT2D eigenvalue weighted by molar-refractivity contribution is 6.31. The van der Waals surface area contributed by atoms with Crippen LogP contribution in [0.1, 0.15) is 30.0 Å². The molecule has 0 amide bonds. The van der Waals surface area contributed by atoms with Gasteiger partial charge >= 0.3 is 12.4 Å². The molecule has 3 rings (SSSR count). The van der Waals surface area contributed by atoms with Crippen LogP contribution in [0.3, 0.4) is 0 Å². The van der Waals surface area contributed by atoms with E-state index in [1.807, 2.05) is 0 Å². The van der Waals surface area contributed by atoms with Gasteiger partial charge in [0.1, 0.15) is 11.3 Å². The number of benzene rings is 1. The van der Waals surface area contributed by atoms with Crippen LogP contribution in [0.15, 0.2) is 47.5 Å². The number of nitrogens with one attached hydrogen (secondary N) is 1. The number of halogens is 7. The fourth-order valence-electron chi connectivity index (χ4n) is 3.03. The molecular formula is C19H15ClF6N4O2. The summed E-state index contributed by atoms with van der Waals surface area (Å²) < 4.78 is 81.0. The van der Waals surface area contributed by atoms with Crippen LogP contribution in [-0.4, -0.2) is 26.0 Å². The molecule has 0 fully saturated rings. The van der Waals surface area contributed by atoms with Crippen LogP contribution < -0.4 is 10.9 Å². The van der Waals surface area contributed by atoms with Crippen molar-refractivity contribution in [3.8, 4) is 11.4 Å². The number of aromatic nitrogens is 3. The van der Waals surface area contributed by atoms with Crippen LogP contribution in [-0.2, 0) is 12.4 Å². The standard InChI is InChI=1S/C19H15ClF6N4O2/c1-2-27-16(31)12-9-28-30(15(12)19(24,25)26)11-5-3-10(4-6-11)29-8-7-13(18(21,22)23)14(20)17(29)32/h3-9,16,27,31H,2H2,1H3. The molecule has 0 bridgehead atoms. The Morgan fingerprint density at radius 1 is 1.06 bits per heavy atom. The zero-order chi connectivity index (χ0) is 23.8. The van der Waals surface area contributed by atoms with Crippen LogP contribution in [0.25, 0.3) is 11.4 Å². The summed E-state index contributed by atoms with van der Waals surface area (Å²) in [6.45, 7) is 1.82. The van der Waals surface area contributed by atoms with E-state index in [0.717, 1.165) is 17.0 Å². The normalized spacial score (nSPS) is 13.4. The summed E-state index contributed by atoms with van der Waals surface area (Å²) in [6.07, 6.45) is -9.52. The lowest BCUT2D eigenvalue weighted by molar-refractivity contribution is -0.144. The molecule has 3 aromatic rings. The Bertz CT molecular complexity index is 1170. The molecule has 0 aliphatic carbocycles. The highest BCUT2D eigenvalue weighted by Gasteiger charge is 2.40. The number of aliphatic hydroxyl groups is 1. The second kappa shape index (κ2) is 8.60. The first-order chi connectivity index (χ1) is 14.9. The average Bonchev–Trinajstić information content (AvgIpc) is 3.15. The predicted molar refractivity (Wildman–Crippen MR) is 103 cm³/mol. The second-order valence-electron chi connectivity index (χ2n) is 6.55. The van der Waals surface area contributed by atoms with Gasteiger partial charge in [-0.2, -0.15) is 31.4 Å². The van der Waals surface area contributed by atoms with E-state index in [1.54, 1.807) is 6.92 Å². The molecule has 13 heteroatoms. The molecule has 1 atom stereocenters. The van der Waals surface area contributed by atoms with Crippen molar-refractivity contribution in [2.75, 3.05) is 6.54 Å². The molecular weight excluding hydrogens is 466 g/mol. The first-order valence-corrected chi connectivity index (χ1v) is 9.39. The summed E-state index contributed by atoms with van der Waals surface area (Å²) in [4.78, 5) is 12.2. The van der Waals surface area contributed by atoms with Gasteiger partial charge < -0.3 is 5.11 Å². The Morgan fingerprint density at radius 2 is 1.66 bits per heavy atom. The van der Waals surface area contributed by atoms with Gasteiger partial charge in [0, 0.05) is 17.4 Å². The van der Waals surface area contributed by atoms with E-state index in [4.69, 9.17) is 11.6 Å². The summed E-state index contributed by atoms with van der Waals surface area (Å²) in [5.41, 5.74) is -4.09. The van der Waals surface area contributed by atoms with Crippen LogP contribution in [0.2, 0.25) is 5.02 Å². The van der Waals surface area contributed by atoms with Gasteiger partial charge in [-0.25, -0.2) is 4.68 Å². The van der Waals surface area contributed by atoms with Crippen molar-refractivity contribution < 1.29 is 31.4 Å². The van der Waals surface area contributed by atoms with Crippen molar-refractivity contribution >= 4 is 11.6 Å². The first-order valence-electron chi connectivity index (χ1n) is 9.02. The lowest BCUT2D eigenvalue weighted by Crippen LogP contribution is -2.24. The summed E-state index contributed by atoms with van der Waals surface area (Å²) in [7, 11) is 0. The van der Waals surface area contributed by atoms with E-state index < -0.39 is 46.0 Å². The van der Waals surface area contributed by atoms with E-state index in [-0.39, 0.29) is 17.9 Å². The van der Waals surface area contributed by atoms with Crippen molar-refractivity contribution in [1.82, 2.24) is 19.7 Å². The smallest absolute Gasteiger partial charge is 0.374 e. The Balaban J connectivity index is 2.04. The fraction of sp³-hybridized carbons (Fsp3) is 0.263. The molecule has 0 spiro atoms. The molecule has 0 aliphatic rings. The maximum atomic E-state index is 13.7. The molecule has 0 radical (unpaired) electrons. The molecule has 1 unspecified atom stereocenters. The Kier molecular flexibility index (Phi) is 6.40. The van der Waals surface area contributed by atoms with Crippen LogP contribution >= 0.6 is 11.6 Å². The van der Waals surface area contributed by atoms with Gasteiger partial charge in [-0.15, -0.1) is 0 Å². The Morgan fingerprint density at radius 3 is 2.19 bits per heavy atom. The van der Waals surface area contributed by atoms with E-state index in [2.05, 4.69) is 10.4 Å². The second-order valence-corrected chi connectivity index (χ2v) is 6.93. The van der Waals surface area contributed by atoms with E-state index in [0.29, 0.717) is 10.7 Å². The zero-order valence-corrected chi connectivity index (χ0v) is 16.9. The quantitative estimate of drug-likeness (QED) is 0.421. The van der Waals surface area contributed by atoms with Gasteiger partial charge in [0.05, 0.1) is 17.4 Å². The molecule has 0 saturated heterocycles. The zero-order valence-electron chi connectivity index (χ0n) is 16.2. The monoisotopic (exact) mass is 480 g/mol. The molecule has 2 N–H and O–H groups in total. The number of aliphatic hydroxyl groups excluding tert-OH is 1. The lowest BCUT2D eigenvalue weighted by atomic mass is 10.2. The molecule has 2 aromatic heterocycles. The maximum absolute atomic E-state index is 13.7. The van der Waals surface area contributed by atoms with Crippen molar-refractivity contribution in [2.24, 2.45) is 0 Å². The predicted octanol–water partition coefficient (Wildman–Crippen LogP) is 4.31. The van der Waals surface area contributed by atoms with Crippen LogP contribution in [0.5, 0.6) is 0 Å². The van der Waals surface area contributed by atoms with Crippen molar-refractivity contribution in [3.63, 3.8) is 0 Å². The van der Waals surface area contributed by atoms with Gasteiger partial charge in [-0.1, -0.05) is 18.5 Å². The maximum Gasteiger partial charge on any atom is 0.433 e. The number of rotatable bonds is 5. The minimum Gasteiger partial charge on any atom is -0.374 e. The molecule has 0 saturated carbocycles. The van der Waals surface area contributed by atoms with Crippen molar-refractivity contribution in [1.29, 1.82) is 0 Å². The molecule has 6 nitrogen and oxygen atoms in total. The number of pyridine rings is 1. The minimum absolute atomic E-state index is 0.0536. The Labute approximate surface area is 181 Å². The Hall–Kier alpha value is -2.83. The van der Waals surface area contributed by atoms with Gasteiger partial charge in [0.25, 0.3) is 5.56 Å². The third-order valence-corrected chi connectivity index (χ3v) is 4.83. The molecule has 2 heterocycles. The average molecular weight is 481 g/mol. The van der Waals surface area contributed by atoms with E-state index in [9.17, 15) is 36.2 Å². The van der Waals surface area contributed by atoms with Crippen LogP contribution in [0, 0.1) is 0 Å². The SMILES string of the molecule is CCNC(O)c1cnn(-c2ccc(-n3ccc(C(F)(F)F)c(Cl)c3=O)cc2)c1C(F)(F)F. The number of hydrogen-bond acceptors (Lipinski definition) is 4. The molecule has 172 valence electrons. The first kappa shape index (κ1) is 23.8. The number of alkyl halides is 6. The largest absolute Gasteiger partial charge is 0.433 e. The molecule has 0 aliphatic heterocycles. The van der Waals surface area contributed by atoms with Gasteiger partial charge in [-0.05, 0) is 36.9 Å². The van der Waals surface area contributed by atoms with Crippen molar-refractivity contribution in [3.05, 3.63) is 74.9 Å². The third kappa shape index (κ3) is 4.52. The topological polar surface area (TPSA) is 72.1 Å². The van der Waals surface area contributed by atoms with Crippen molar-refractivity contribution in [2.45, 2.75) is 25.5 Å². The summed E-state index contributed by atoms with van der Waals surface area (Å²) in [6, 6.07) is 5.46. The van der Waals surface area contributed by atoms with E-state index in [1.165, 1.54) is 24.3 Å². The minimum atomic E-state index is -4.85. The molecule has 1 aromatic carbocycles. The molecule has 32 heavy (non-hydrogen) atoms. The lowest BCUT2D eigenvalue weighted by Gasteiger charge is -2.16. The van der Waals surface area contributed by atoms with Gasteiger partial charge in [0.15, 0.2) is 5.69 Å². The summed E-state index contributed by atoms with van der Waals surface area (Å²) in [5.74, 6) is 0. The van der Waals surface area contributed by atoms with Gasteiger partial charge in [-0.3, -0.25) is 14.7 Å². The van der Waals surface area contributed by atoms with Crippen LogP contribution in [0.4, 0.5) is 26.3 Å². The van der Waals surface area contributed by atoms with E-state index >= 15 is 0 Å². The summed E-state index contributed by atoms with van der Waals surface area (Å²) in [5, 5.41) is 15.1. The van der Waals surface area contributed by atoms with Gasteiger partial charge in [0.2, 0.25) is 0 Å². The number of nitrogens with zero attached hydrogens (tertiary/aromatic N) is 3.